The standard InChI is InChI=1S/C17H33BO3.C3H5NO/c1-2-3-4-5-6-7-8-9-10-11-12-13-14-15-16-17-21-18(19)20;1-2-5-3-4-1/h16-17H,2-15H2,1H3;3H,1-2H2/q-2;/b17-16+;. The molecule has 6 heteroatoms. The molecule has 0 bridgehead atoms. The fraction of sp³-hybridized carbons (Fsp3) is 0.850. The molecule has 0 N–H and O–H groups in total. The number of aliphatic imine (C=N–C) groups is 1. The number of allylic oxidation sites excluding steroid dienone is 1. The van der Waals surface area contributed by atoms with Gasteiger partial charge in [0.2, 0.25) is 0 Å². The fourth-order valence-corrected chi connectivity index (χ4v) is 2.73. The number of hydrogen-bond donors (Lipinski definition) is 0. The van der Waals surface area contributed by atoms with Gasteiger partial charge in [0.05, 0.1) is 12.8 Å². The van der Waals surface area contributed by atoms with Crippen LogP contribution in [0.3, 0.4) is 0 Å². The average Bonchev–Trinajstić information content (AvgIpc) is 3.21. The van der Waals surface area contributed by atoms with Crippen LogP contribution in [0.4, 0.5) is 0 Å². The molecule has 152 valence electrons. The third kappa shape index (κ3) is 23.0. The number of rotatable bonds is 16. The maximum absolute atomic E-state index is 10.0. The zero-order valence-electron chi connectivity index (χ0n) is 16.7. The summed E-state index contributed by atoms with van der Waals surface area (Å²) in [5.41, 5.74) is 0. The number of unbranched alkanes of at least 4 members (excludes halogenated alkanes) is 13. The van der Waals surface area contributed by atoms with E-state index in [2.05, 4.69) is 21.3 Å². The van der Waals surface area contributed by atoms with Crippen LogP contribution < -0.4 is 10.0 Å². The molecule has 0 aliphatic carbocycles. The largest absolute Gasteiger partial charge is 0.860 e. The van der Waals surface area contributed by atoms with Gasteiger partial charge in [0.25, 0.3) is 0 Å². The van der Waals surface area contributed by atoms with Gasteiger partial charge in [0, 0.05) is 0 Å². The summed E-state index contributed by atoms with van der Waals surface area (Å²) in [5, 5.41) is 20.1. The van der Waals surface area contributed by atoms with Gasteiger partial charge in [-0.2, -0.15) is 0 Å². The van der Waals surface area contributed by atoms with Crippen LogP contribution in [0, 0.1) is 0 Å². The SMILES string of the molecule is C1=NCCO1.CCCCCCCCCCCCCCC/C=C/OB([O-])[O-]. The Hall–Kier alpha value is -1.01. The first-order valence-electron chi connectivity index (χ1n) is 10.5. The quantitative estimate of drug-likeness (QED) is 0.236. The normalized spacial score (nSPS) is 12.7. The molecule has 0 fully saturated rings. The maximum atomic E-state index is 10.0. The highest BCUT2D eigenvalue weighted by Crippen LogP contribution is 2.12. The van der Waals surface area contributed by atoms with Crippen molar-refractivity contribution in [3.8, 4) is 0 Å². The van der Waals surface area contributed by atoms with Gasteiger partial charge in [-0.05, 0) is 12.8 Å². The van der Waals surface area contributed by atoms with E-state index >= 15 is 0 Å². The van der Waals surface area contributed by atoms with Gasteiger partial charge in [-0.15, -0.1) is 0 Å². The van der Waals surface area contributed by atoms with Crippen molar-refractivity contribution in [1.29, 1.82) is 0 Å². The van der Waals surface area contributed by atoms with Gasteiger partial charge in [-0.1, -0.05) is 90.0 Å². The van der Waals surface area contributed by atoms with Crippen molar-refractivity contribution in [3.63, 3.8) is 0 Å². The predicted molar refractivity (Wildman–Crippen MR) is 106 cm³/mol. The first-order chi connectivity index (χ1) is 12.8. The van der Waals surface area contributed by atoms with Crippen molar-refractivity contribution in [3.05, 3.63) is 12.3 Å². The Labute approximate surface area is 161 Å². The van der Waals surface area contributed by atoms with Crippen molar-refractivity contribution in [1.82, 2.24) is 0 Å². The van der Waals surface area contributed by atoms with Gasteiger partial charge in [-0.25, -0.2) is 0 Å². The first kappa shape index (κ1) is 25.0. The topological polar surface area (TPSA) is 76.9 Å². The van der Waals surface area contributed by atoms with Gasteiger partial charge < -0.3 is 19.4 Å². The van der Waals surface area contributed by atoms with Crippen LogP contribution in [-0.2, 0) is 9.39 Å². The van der Waals surface area contributed by atoms with E-state index in [-0.39, 0.29) is 0 Å². The highest BCUT2D eigenvalue weighted by molar-refractivity contribution is 6.28. The van der Waals surface area contributed by atoms with Crippen LogP contribution in [0.5, 0.6) is 0 Å². The Morgan fingerprint density at radius 3 is 1.85 bits per heavy atom. The van der Waals surface area contributed by atoms with E-state index in [1.54, 1.807) is 6.08 Å². The average molecular weight is 367 g/mol. The molecular formula is C20H38BNO4-2. The van der Waals surface area contributed by atoms with Crippen molar-refractivity contribution in [2.75, 3.05) is 13.2 Å². The monoisotopic (exact) mass is 367 g/mol. The van der Waals surface area contributed by atoms with E-state index < -0.39 is 7.32 Å². The molecule has 1 rings (SSSR count). The molecule has 0 radical (unpaired) electrons. The minimum absolute atomic E-state index is 0.778. The van der Waals surface area contributed by atoms with Crippen LogP contribution in [-0.4, -0.2) is 26.9 Å². The maximum Gasteiger partial charge on any atom is 0.169 e. The summed E-state index contributed by atoms with van der Waals surface area (Å²) in [6, 6.07) is 0. The Morgan fingerprint density at radius 1 is 0.923 bits per heavy atom. The minimum atomic E-state index is -2.19. The van der Waals surface area contributed by atoms with Crippen LogP contribution in [0.2, 0.25) is 0 Å². The smallest absolute Gasteiger partial charge is 0.169 e. The third-order valence-corrected chi connectivity index (χ3v) is 4.25. The van der Waals surface area contributed by atoms with Gasteiger partial charge in [0.15, 0.2) is 6.40 Å². The Balaban J connectivity index is 0.00000106. The molecule has 1 aliphatic rings. The zero-order chi connectivity index (χ0) is 19.1. The van der Waals surface area contributed by atoms with Gasteiger partial charge in [0.1, 0.15) is 13.9 Å². The van der Waals surface area contributed by atoms with Crippen LogP contribution in [0.1, 0.15) is 96.8 Å². The molecule has 0 aromatic heterocycles. The molecule has 0 amide bonds. The van der Waals surface area contributed by atoms with Crippen LogP contribution in [0.25, 0.3) is 0 Å². The summed E-state index contributed by atoms with van der Waals surface area (Å²) in [6.45, 7) is 3.89. The van der Waals surface area contributed by atoms with Crippen LogP contribution >= 0.6 is 0 Å². The second kappa shape index (κ2) is 22.0. The van der Waals surface area contributed by atoms with E-state index in [1.807, 2.05) is 0 Å². The van der Waals surface area contributed by atoms with E-state index in [1.165, 1.54) is 89.7 Å². The Morgan fingerprint density at radius 2 is 1.46 bits per heavy atom. The lowest BCUT2D eigenvalue weighted by molar-refractivity contribution is -0.376. The summed E-state index contributed by atoms with van der Waals surface area (Å²) < 4.78 is 8.92. The molecule has 1 heterocycles. The van der Waals surface area contributed by atoms with Crippen molar-refractivity contribution in [2.45, 2.75) is 96.8 Å². The number of hydrogen-bond acceptors (Lipinski definition) is 5. The zero-order valence-corrected chi connectivity index (χ0v) is 16.7. The van der Waals surface area contributed by atoms with Crippen molar-refractivity contribution in [2.24, 2.45) is 4.99 Å². The van der Waals surface area contributed by atoms with E-state index in [4.69, 9.17) is 0 Å². The summed E-state index contributed by atoms with van der Waals surface area (Å²) >= 11 is 0. The second-order valence-electron chi connectivity index (χ2n) is 6.71. The van der Waals surface area contributed by atoms with Gasteiger partial charge in [-0.3, -0.25) is 4.99 Å². The molecule has 0 atom stereocenters. The lowest BCUT2D eigenvalue weighted by atomic mass is 10.0. The molecule has 0 unspecified atom stereocenters. The highest BCUT2D eigenvalue weighted by Gasteiger charge is 1.93. The highest BCUT2D eigenvalue weighted by atomic mass is 16.6. The third-order valence-electron chi connectivity index (χ3n) is 4.25. The van der Waals surface area contributed by atoms with Gasteiger partial charge >= 0.3 is 0 Å². The van der Waals surface area contributed by atoms with E-state index in [9.17, 15) is 10.0 Å². The molecule has 0 saturated heterocycles. The summed E-state index contributed by atoms with van der Waals surface area (Å²) in [4.78, 5) is 3.74. The summed E-state index contributed by atoms with van der Waals surface area (Å²) in [7, 11) is -2.19. The van der Waals surface area contributed by atoms with Crippen LogP contribution in [0.15, 0.2) is 17.3 Å². The molecule has 0 spiro atoms. The van der Waals surface area contributed by atoms with E-state index in [0.29, 0.717) is 0 Å². The number of nitrogens with zero attached hydrogens (tertiary/aromatic N) is 1. The fourth-order valence-electron chi connectivity index (χ4n) is 2.73. The summed E-state index contributed by atoms with van der Waals surface area (Å²) in [5.74, 6) is 0. The molecule has 0 aromatic rings. The molecule has 26 heavy (non-hydrogen) atoms. The lowest BCUT2D eigenvalue weighted by Gasteiger charge is -2.23. The molecular weight excluding hydrogens is 329 g/mol. The molecule has 1 aliphatic heterocycles. The lowest BCUT2D eigenvalue weighted by Crippen LogP contribution is -2.46. The summed E-state index contributed by atoms with van der Waals surface area (Å²) in [6.07, 6.45) is 22.9. The first-order valence-corrected chi connectivity index (χ1v) is 10.5. The van der Waals surface area contributed by atoms with E-state index in [0.717, 1.165) is 26.0 Å². The second-order valence-corrected chi connectivity index (χ2v) is 6.71. The van der Waals surface area contributed by atoms with Crippen molar-refractivity contribution < 1.29 is 19.4 Å². The number of ether oxygens (including phenoxy) is 1. The Kier molecular flexibility index (Phi) is 21.2. The Bertz CT molecular complexity index is 319. The van der Waals surface area contributed by atoms with Crippen molar-refractivity contribution >= 4 is 13.7 Å². The minimum Gasteiger partial charge on any atom is -0.860 e. The predicted octanol–water partition coefficient (Wildman–Crippen LogP) is 3.75. The molecule has 0 aromatic carbocycles. The molecule has 0 saturated carbocycles. The molecule has 5 nitrogen and oxygen atoms in total.